The number of hydrogen-bond acceptors (Lipinski definition) is 4. The van der Waals surface area contributed by atoms with E-state index in [1.165, 1.54) is 23.7 Å². The second kappa shape index (κ2) is 8.82. The van der Waals surface area contributed by atoms with E-state index in [2.05, 4.69) is 48.3 Å². The van der Waals surface area contributed by atoms with Crippen LogP contribution in [0.1, 0.15) is 25.3 Å². The molecule has 4 rings (SSSR count). The van der Waals surface area contributed by atoms with Crippen molar-refractivity contribution in [3.63, 3.8) is 0 Å². The van der Waals surface area contributed by atoms with Crippen molar-refractivity contribution in [1.82, 2.24) is 19.7 Å². The van der Waals surface area contributed by atoms with Gasteiger partial charge < -0.3 is 4.90 Å². The number of amides is 1. The van der Waals surface area contributed by atoms with Crippen LogP contribution in [0.4, 0.5) is 0 Å². The number of thioether (sulfide) groups is 1. The van der Waals surface area contributed by atoms with E-state index in [9.17, 15) is 4.79 Å². The third-order valence-electron chi connectivity index (χ3n) is 5.29. The lowest BCUT2D eigenvalue weighted by molar-refractivity contribution is -0.130. The van der Waals surface area contributed by atoms with Gasteiger partial charge in [-0.1, -0.05) is 66.7 Å². The third-order valence-corrected chi connectivity index (χ3v) is 6.21. The number of benzene rings is 2. The van der Waals surface area contributed by atoms with E-state index in [4.69, 9.17) is 0 Å². The fraction of sp³-hybridized carbons (Fsp3) is 0.348. The van der Waals surface area contributed by atoms with Gasteiger partial charge >= 0.3 is 0 Å². The first-order chi connectivity index (χ1) is 14.1. The minimum atomic E-state index is 0.182. The molecule has 0 N–H and O–H groups in total. The molecule has 29 heavy (non-hydrogen) atoms. The summed E-state index contributed by atoms with van der Waals surface area (Å²) in [4.78, 5) is 14.7. The predicted octanol–water partition coefficient (Wildman–Crippen LogP) is 4.59. The Hall–Kier alpha value is -2.60. The second-order valence-corrected chi connectivity index (χ2v) is 8.66. The maximum absolute atomic E-state index is 12.7. The average molecular weight is 407 g/mol. The van der Waals surface area contributed by atoms with E-state index >= 15 is 0 Å². The second-order valence-electron chi connectivity index (χ2n) is 7.72. The molecule has 1 aromatic heterocycles. The SMILES string of the molecule is Cc1ccc(-n2c(SCC(=O)N3CCCC(C)C3)nnc2-c2ccccc2)cc1. The Balaban J connectivity index is 1.60. The Morgan fingerprint density at radius 2 is 1.86 bits per heavy atom. The average Bonchev–Trinajstić information content (AvgIpc) is 3.17. The standard InChI is InChI=1S/C23H26N4OS/c1-17-10-12-20(13-11-17)27-22(19-8-4-3-5-9-19)24-25-23(27)29-16-21(28)26-14-6-7-18(2)15-26/h3-5,8-13,18H,6-7,14-16H2,1-2H3. The van der Waals surface area contributed by atoms with Crippen LogP contribution in [-0.4, -0.2) is 44.4 Å². The number of aryl methyl sites for hydroxylation is 1. The zero-order valence-electron chi connectivity index (χ0n) is 16.9. The minimum absolute atomic E-state index is 0.182. The van der Waals surface area contributed by atoms with Crippen LogP contribution in [0.25, 0.3) is 17.1 Å². The molecule has 150 valence electrons. The first-order valence-electron chi connectivity index (χ1n) is 10.1. The lowest BCUT2D eigenvalue weighted by Gasteiger charge is -2.30. The first kappa shape index (κ1) is 19.7. The van der Waals surface area contributed by atoms with Gasteiger partial charge in [-0.3, -0.25) is 9.36 Å². The Labute approximate surface area is 176 Å². The summed E-state index contributed by atoms with van der Waals surface area (Å²) in [5.41, 5.74) is 3.20. The summed E-state index contributed by atoms with van der Waals surface area (Å²) in [5.74, 6) is 1.93. The lowest BCUT2D eigenvalue weighted by Crippen LogP contribution is -2.40. The quantitative estimate of drug-likeness (QED) is 0.582. The highest BCUT2D eigenvalue weighted by Crippen LogP contribution is 2.28. The number of piperidine rings is 1. The zero-order valence-corrected chi connectivity index (χ0v) is 17.7. The van der Waals surface area contributed by atoms with Crippen molar-refractivity contribution in [1.29, 1.82) is 0 Å². The highest BCUT2D eigenvalue weighted by Gasteiger charge is 2.22. The van der Waals surface area contributed by atoms with E-state index in [1.54, 1.807) is 0 Å². The van der Waals surface area contributed by atoms with Gasteiger partial charge in [-0.05, 0) is 37.8 Å². The van der Waals surface area contributed by atoms with Gasteiger partial charge in [0.05, 0.1) is 5.75 Å². The number of carbonyl (C=O) groups is 1. The molecule has 1 aliphatic rings. The predicted molar refractivity (Wildman–Crippen MR) is 117 cm³/mol. The van der Waals surface area contributed by atoms with E-state index < -0.39 is 0 Å². The zero-order chi connectivity index (χ0) is 20.2. The lowest BCUT2D eigenvalue weighted by atomic mass is 10.0. The fourth-order valence-corrected chi connectivity index (χ4v) is 4.55. The van der Waals surface area contributed by atoms with Crippen LogP contribution in [0.2, 0.25) is 0 Å². The smallest absolute Gasteiger partial charge is 0.233 e. The van der Waals surface area contributed by atoms with Crippen LogP contribution in [0.15, 0.2) is 59.8 Å². The normalized spacial score (nSPS) is 16.8. The molecule has 1 atom stereocenters. The molecule has 0 radical (unpaired) electrons. The highest BCUT2D eigenvalue weighted by atomic mass is 32.2. The van der Waals surface area contributed by atoms with Crippen LogP contribution in [0.3, 0.4) is 0 Å². The number of hydrogen-bond donors (Lipinski definition) is 0. The van der Waals surface area contributed by atoms with Crippen molar-refractivity contribution < 1.29 is 4.79 Å². The molecule has 5 nitrogen and oxygen atoms in total. The Bertz CT molecular complexity index is 968. The van der Waals surface area contributed by atoms with E-state index in [0.29, 0.717) is 11.7 Å². The van der Waals surface area contributed by atoms with Crippen LogP contribution >= 0.6 is 11.8 Å². The Morgan fingerprint density at radius 3 is 2.59 bits per heavy atom. The Morgan fingerprint density at radius 1 is 1.10 bits per heavy atom. The van der Waals surface area contributed by atoms with Crippen molar-refractivity contribution in [3.05, 3.63) is 60.2 Å². The Kier molecular flexibility index (Phi) is 6.00. The van der Waals surface area contributed by atoms with Crippen molar-refractivity contribution >= 4 is 17.7 Å². The molecule has 1 unspecified atom stereocenters. The summed E-state index contributed by atoms with van der Waals surface area (Å²) in [6, 6.07) is 18.4. The van der Waals surface area contributed by atoms with Crippen LogP contribution in [0, 0.1) is 12.8 Å². The minimum Gasteiger partial charge on any atom is -0.342 e. The van der Waals surface area contributed by atoms with Gasteiger partial charge in [-0.15, -0.1) is 10.2 Å². The summed E-state index contributed by atoms with van der Waals surface area (Å²) in [6.07, 6.45) is 2.30. The van der Waals surface area contributed by atoms with Gasteiger partial charge in [0.1, 0.15) is 0 Å². The van der Waals surface area contributed by atoms with Crippen LogP contribution in [-0.2, 0) is 4.79 Å². The molecule has 0 bridgehead atoms. The van der Waals surface area contributed by atoms with E-state index in [-0.39, 0.29) is 5.91 Å². The molecule has 0 aliphatic carbocycles. The molecule has 3 aromatic rings. The third kappa shape index (κ3) is 4.53. The maximum Gasteiger partial charge on any atom is 0.233 e. The van der Waals surface area contributed by atoms with Gasteiger partial charge in [-0.2, -0.15) is 0 Å². The molecule has 2 aromatic carbocycles. The summed E-state index contributed by atoms with van der Waals surface area (Å²) in [7, 11) is 0. The van der Waals surface area contributed by atoms with Gasteiger partial charge in [-0.25, -0.2) is 0 Å². The monoisotopic (exact) mass is 406 g/mol. The molecule has 1 saturated heterocycles. The molecule has 2 heterocycles. The van der Waals surface area contributed by atoms with Gasteiger partial charge in [0.15, 0.2) is 11.0 Å². The van der Waals surface area contributed by atoms with Crippen molar-refractivity contribution in [2.75, 3.05) is 18.8 Å². The first-order valence-corrected chi connectivity index (χ1v) is 11.1. The van der Waals surface area contributed by atoms with Crippen molar-refractivity contribution in [2.45, 2.75) is 31.8 Å². The highest BCUT2D eigenvalue weighted by molar-refractivity contribution is 7.99. The van der Waals surface area contributed by atoms with Gasteiger partial charge in [0, 0.05) is 24.3 Å². The maximum atomic E-state index is 12.7. The van der Waals surface area contributed by atoms with E-state index in [0.717, 1.165) is 41.7 Å². The fourth-order valence-electron chi connectivity index (χ4n) is 3.70. The summed E-state index contributed by atoms with van der Waals surface area (Å²) in [6.45, 7) is 6.01. The van der Waals surface area contributed by atoms with Crippen LogP contribution < -0.4 is 0 Å². The molecule has 0 spiro atoms. The van der Waals surface area contributed by atoms with Crippen molar-refractivity contribution in [2.24, 2.45) is 5.92 Å². The molecular formula is C23H26N4OS. The summed E-state index contributed by atoms with van der Waals surface area (Å²) < 4.78 is 2.05. The van der Waals surface area contributed by atoms with Crippen LogP contribution in [0.5, 0.6) is 0 Å². The molecule has 1 amide bonds. The number of nitrogens with zero attached hydrogens (tertiary/aromatic N) is 4. The number of likely N-dealkylation sites (tertiary alicyclic amines) is 1. The largest absolute Gasteiger partial charge is 0.342 e. The molecule has 1 fully saturated rings. The number of aromatic nitrogens is 3. The molecule has 0 saturated carbocycles. The topological polar surface area (TPSA) is 51.0 Å². The molecule has 1 aliphatic heterocycles. The summed E-state index contributed by atoms with van der Waals surface area (Å²) >= 11 is 1.46. The summed E-state index contributed by atoms with van der Waals surface area (Å²) in [5, 5.41) is 9.63. The molecule has 6 heteroatoms. The number of rotatable bonds is 5. The molecular weight excluding hydrogens is 380 g/mol. The van der Waals surface area contributed by atoms with Gasteiger partial charge in [0.25, 0.3) is 0 Å². The van der Waals surface area contributed by atoms with Gasteiger partial charge in [0.2, 0.25) is 5.91 Å². The number of carbonyl (C=O) groups excluding carboxylic acids is 1. The van der Waals surface area contributed by atoms with Crippen molar-refractivity contribution in [3.8, 4) is 17.1 Å². The van der Waals surface area contributed by atoms with E-state index in [1.807, 2.05) is 39.8 Å².